The van der Waals surface area contributed by atoms with E-state index < -0.39 is 0 Å². The molecule has 1 aliphatic heterocycles. The normalized spacial score (nSPS) is 16.9. The molecule has 14 heavy (non-hydrogen) atoms. The van der Waals surface area contributed by atoms with Crippen molar-refractivity contribution >= 4 is 5.91 Å². The molecule has 0 unspecified atom stereocenters. The van der Waals surface area contributed by atoms with Crippen LogP contribution in [0.1, 0.15) is 10.4 Å². The summed E-state index contributed by atoms with van der Waals surface area (Å²) in [5.74, 6) is 0.262. The number of aromatic nitrogens is 2. The highest BCUT2D eigenvalue weighted by Gasteiger charge is 2.30. The lowest BCUT2D eigenvalue weighted by molar-refractivity contribution is 0.0362. The Labute approximate surface area is 81.9 Å². The van der Waals surface area contributed by atoms with Crippen LogP contribution in [0.4, 0.5) is 0 Å². The molecular formula is C9H13N3O2. The second-order valence-electron chi connectivity index (χ2n) is 3.66. The van der Waals surface area contributed by atoms with Crippen molar-refractivity contribution in [2.24, 2.45) is 13.0 Å². The number of hydrogen-bond acceptors (Lipinski definition) is 3. The van der Waals surface area contributed by atoms with Gasteiger partial charge in [0.15, 0.2) is 0 Å². The first-order chi connectivity index (χ1) is 6.70. The van der Waals surface area contributed by atoms with Gasteiger partial charge in [0.1, 0.15) is 0 Å². The molecule has 2 rings (SSSR count). The molecule has 1 N–H and O–H groups in total. The van der Waals surface area contributed by atoms with E-state index >= 15 is 0 Å². The minimum atomic E-state index is 0.00259. The molecule has 1 aliphatic rings. The zero-order valence-electron chi connectivity index (χ0n) is 8.05. The zero-order chi connectivity index (χ0) is 10.1. The molecule has 5 heteroatoms. The number of nitrogens with zero attached hydrogens (tertiary/aromatic N) is 3. The molecule has 0 spiro atoms. The summed E-state index contributed by atoms with van der Waals surface area (Å²) in [6, 6.07) is 0. The fraction of sp³-hybridized carbons (Fsp3) is 0.556. The van der Waals surface area contributed by atoms with Gasteiger partial charge in [-0.05, 0) is 0 Å². The second kappa shape index (κ2) is 3.42. The molecule has 1 saturated heterocycles. The van der Waals surface area contributed by atoms with Gasteiger partial charge in [-0.1, -0.05) is 0 Å². The fourth-order valence-corrected chi connectivity index (χ4v) is 1.57. The van der Waals surface area contributed by atoms with Crippen LogP contribution in [-0.2, 0) is 7.05 Å². The lowest BCUT2D eigenvalue weighted by Gasteiger charge is -2.37. The Morgan fingerprint density at radius 3 is 2.93 bits per heavy atom. The molecule has 0 atom stereocenters. The van der Waals surface area contributed by atoms with Crippen LogP contribution >= 0.6 is 0 Å². The number of carbonyl (C=O) groups is 1. The Hall–Kier alpha value is -1.36. The third-order valence-corrected chi connectivity index (χ3v) is 2.45. The molecule has 2 heterocycles. The summed E-state index contributed by atoms with van der Waals surface area (Å²) in [6.45, 7) is 1.48. The van der Waals surface area contributed by atoms with Crippen LogP contribution < -0.4 is 0 Å². The maximum atomic E-state index is 11.7. The average molecular weight is 195 g/mol. The van der Waals surface area contributed by atoms with E-state index in [-0.39, 0.29) is 18.4 Å². The van der Waals surface area contributed by atoms with Crippen molar-refractivity contribution in [3.63, 3.8) is 0 Å². The predicted molar refractivity (Wildman–Crippen MR) is 49.7 cm³/mol. The van der Waals surface area contributed by atoms with Gasteiger partial charge in [-0.3, -0.25) is 9.48 Å². The van der Waals surface area contributed by atoms with Crippen LogP contribution in [-0.4, -0.2) is 45.4 Å². The van der Waals surface area contributed by atoms with Crippen molar-refractivity contribution < 1.29 is 9.90 Å². The average Bonchev–Trinajstić information content (AvgIpc) is 2.49. The quantitative estimate of drug-likeness (QED) is 0.691. The van der Waals surface area contributed by atoms with E-state index in [0.717, 1.165) is 0 Å². The lowest BCUT2D eigenvalue weighted by Crippen LogP contribution is -2.51. The minimum Gasteiger partial charge on any atom is -0.396 e. The Balaban J connectivity index is 1.97. The first-order valence-corrected chi connectivity index (χ1v) is 4.59. The molecule has 0 bridgehead atoms. The van der Waals surface area contributed by atoms with Gasteiger partial charge in [0.25, 0.3) is 5.91 Å². The van der Waals surface area contributed by atoms with E-state index in [4.69, 9.17) is 5.11 Å². The summed E-state index contributed by atoms with van der Waals surface area (Å²) in [4.78, 5) is 13.4. The Morgan fingerprint density at radius 2 is 2.43 bits per heavy atom. The molecule has 0 aromatic carbocycles. The number of amides is 1. The maximum Gasteiger partial charge on any atom is 0.257 e. The number of aliphatic hydroxyl groups excluding tert-OH is 1. The fourth-order valence-electron chi connectivity index (χ4n) is 1.57. The van der Waals surface area contributed by atoms with E-state index in [1.807, 2.05) is 0 Å². The Bertz CT molecular complexity index is 342. The molecule has 1 fully saturated rings. The summed E-state index contributed by atoms with van der Waals surface area (Å²) in [5.41, 5.74) is 0.615. The highest BCUT2D eigenvalue weighted by atomic mass is 16.3. The van der Waals surface area contributed by atoms with Gasteiger partial charge in [-0.2, -0.15) is 5.10 Å². The molecule has 1 amide bonds. The summed E-state index contributed by atoms with van der Waals surface area (Å²) < 4.78 is 1.61. The Kier molecular flexibility index (Phi) is 2.25. The number of aryl methyl sites for hydroxylation is 1. The highest BCUT2D eigenvalue weighted by molar-refractivity contribution is 5.94. The first kappa shape index (κ1) is 9.21. The first-order valence-electron chi connectivity index (χ1n) is 4.59. The van der Waals surface area contributed by atoms with E-state index in [1.165, 1.54) is 0 Å². The number of aliphatic hydroxyl groups is 1. The van der Waals surface area contributed by atoms with Crippen molar-refractivity contribution in [2.75, 3.05) is 19.7 Å². The largest absolute Gasteiger partial charge is 0.396 e. The summed E-state index contributed by atoms with van der Waals surface area (Å²) in [5, 5.41) is 12.7. The van der Waals surface area contributed by atoms with Gasteiger partial charge in [-0.15, -0.1) is 0 Å². The van der Waals surface area contributed by atoms with Crippen molar-refractivity contribution in [3.8, 4) is 0 Å². The SMILES string of the molecule is Cn1cc(C(=O)N2CC(CO)C2)cn1. The van der Waals surface area contributed by atoms with Crippen LogP contribution in [0.15, 0.2) is 12.4 Å². The number of hydrogen-bond donors (Lipinski definition) is 1. The summed E-state index contributed by atoms with van der Waals surface area (Å²) >= 11 is 0. The van der Waals surface area contributed by atoms with E-state index in [9.17, 15) is 4.79 Å². The lowest BCUT2D eigenvalue weighted by atomic mass is 10.0. The van der Waals surface area contributed by atoms with Gasteiger partial charge in [0.2, 0.25) is 0 Å². The van der Waals surface area contributed by atoms with Gasteiger partial charge in [0.05, 0.1) is 11.8 Å². The molecule has 1 aromatic rings. The number of rotatable bonds is 2. The standard InChI is InChI=1S/C9H13N3O2/c1-11-5-8(2-10-11)9(14)12-3-7(4-12)6-13/h2,5,7,13H,3-4,6H2,1H3. The molecule has 5 nitrogen and oxygen atoms in total. The smallest absolute Gasteiger partial charge is 0.257 e. The van der Waals surface area contributed by atoms with Gasteiger partial charge < -0.3 is 10.0 Å². The van der Waals surface area contributed by atoms with E-state index in [1.54, 1.807) is 29.0 Å². The topological polar surface area (TPSA) is 58.4 Å². The monoisotopic (exact) mass is 195 g/mol. The molecule has 0 saturated carbocycles. The molecule has 1 aromatic heterocycles. The molecule has 76 valence electrons. The predicted octanol–water partition coefficient (Wildman–Crippen LogP) is -0.516. The van der Waals surface area contributed by atoms with Gasteiger partial charge in [-0.25, -0.2) is 0 Å². The maximum absolute atomic E-state index is 11.7. The number of likely N-dealkylation sites (tertiary alicyclic amines) is 1. The molecule has 0 aliphatic carbocycles. The van der Waals surface area contributed by atoms with E-state index in [2.05, 4.69) is 5.10 Å². The summed E-state index contributed by atoms with van der Waals surface area (Å²) in [7, 11) is 1.78. The number of carbonyl (C=O) groups excluding carboxylic acids is 1. The van der Waals surface area contributed by atoms with Gasteiger partial charge >= 0.3 is 0 Å². The van der Waals surface area contributed by atoms with Gasteiger partial charge in [0, 0.05) is 38.9 Å². The van der Waals surface area contributed by atoms with Crippen LogP contribution in [0.2, 0.25) is 0 Å². The third-order valence-electron chi connectivity index (χ3n) is 2.45. The molecular weight excluding hydrogens is 182 g/mol. The minimum absolute atomic E-state index is 0.00259. The second-order valence-corrected chi connectivity index (χ2v) is 3.66. The van der Waals surface area contributed by atoms with Crippen LogP contribution in [0.5, 0.6) is 0 Å². The highest BCUT2D eigenvalue weighted by Crippen LogP contribution is 2.17. The van der Waals surface area contributed by atoms with Crippen LogP contribution in [0.25, 0.3) is 0 Å². The van der Waals surface area contributed by atoms with Crippen LogP contribution in [0, 0.1) is 5.92 Å². The van der Waals surface area contributed by atoms with E-state index in [0.29, 0.717) is 18.7 Å². The van der Waals surface area contributed by atoms with Crippen molar-refractivity contribution in [1.82, 2.24) is 14.7 Å². The third kappa shape index (κ3) is 1.50. The zero-order valence-corrected chi connectivity index (χ0v) is 8.05. The summed E-state index contributed by atoms with van der Waals surface area (Å²) in [6.07, 6.45) is 3.27. The van der Waals surface area contributed by atoms with Crippen molar-refractivity contribution in [3.05, 3.63) is 18.0 Å². The van der Waals surface area contributed by atoms with Crippen molar-refractivity contribution in [2.45, 2.75) is 0 Å². The molecule has 0 radical (unpaired) electrons. The van der Waals surface area contributed by atoms with Crippen molar-refractivity contribution in [1.29, 1.82) is 0 Å². The van der Waals surface area contributed by atoms with Crippen LogP contribution in [0.3, 0.4) is 0 Å². The Morgan fingerprint density at radius 1 is 1.71 bits per heavy atom.